The topological polar surface area (TPSA) is 61.2 Å². The fourth-order valence-electron chi connectivity index (χ4n) is 3.46. The van der Waals surface area contributed by atoms with E-state index in [0.29, 0.717) is 22.9 Å². The molecule has 0 aliphatic heterocycles. The largest absolute Gasteiger partial charge is 0.456 e. The van der Waals surface area contributed by atoms with Crippen molar-refractivity contribution >= 4 is 11.8 Å². The maximum atomic E-state index is 12.4. The maximum Gasteiger partial charge on any atom is 0.380 e. The van der Waals surface area contributed by atoms with E-state index in [1.165, 1.54) is 0 Å². The molecule has 128 valence electrons. The molecule has 0 N–H and O–H groups in total. The predicted octanol–water partition coefficient (Wildman–Crippen LogP) is 3.37. The minimum Gasteiger partial charge on any atom is -0.456 e. The molecule has 0 radical (unpaired) electrons. The van der Waals surface area contributed by atoms with Crippen molar-refractivity contribution < 1.29 is 14.3 Å². The van der Waals surface area contributed by atoms with Crippen molar-refractivity contribution in [3.05, 3.63) is 17.0 Å². The van der Waals surface area contributed by atoms with Crippen LogP contribution < -0.4 is 0 Å². The Morgan fingerprint density at radius 2 is 1.70 bits per heavy atom. The van der Waals surface area contributed by atoms with Crippen molar-refractivity contribution in [3.8, 4) is 0 Å². The van der Waals surface area contributed by atoms with E-state index in [1.807, 2.05) is 0 Å². The summed E-state index contributed by atoms with van der Waals surface area (Å²) in [5, 5.41) is 4.19. The first-order valence-electron chi connectivity index (χ1n) is 8.36. The minimum atomic E-state index is -0.747. The molecular formula is C18H28N2O3. The minimum absolute atomic E-state index is 0.137. The molecule has 23 heavy (non-hydrogen) atoms. The molecule has 0 saturated heterocycles. The number of carbonyl (C=O) groups excluding carboxylic acids is 2. The summed E-state index contributed by atoms with van der Waals surface area (Å²) in [6.45, 7) is 10.3. The first kappa shape index (κ1) is 17.7. The molecule has 5 nitrogen and oxygen atoms in total. The van der Waals surface area contributed by atoms with E-state index >= 15 is 0 Å². The van der Waals surface area contributed by atoms with Gasteiger partial charge in [-0.1, -0.05) is 20.8 Å². The second-order valence-corrected chi connectivity index (χ2v) is 7.74. The van der Waals surface area contributed by atoms with Gasteiger partial charge in [-0.25, -0.2) is 4.79 Å². The third kappa shape index (κ3) is 3.82. The zero-order valence-electron chi connectivity index (χ0n) is 15.1. The molecule has 1 aliphatic rings. The highest BCUT2D eigenvalue weighted by Gasteiger charge is 2.33. The van der Waals surface area contributed by atoms with Crippen molar-refractivity contribution in [2.75, 3.05) is 0 Å². The van der Waals surface area contributed by atoms with E-state index in [1.54, 1.807) is 25.6 Å². The molecule has 0 atom stereocenters. The Bertz CT molecular complexity index is 603. The van der Waals surface area contributed by atoms with Crippen LogP contribution in [0.25, 0.3) is 0 Å². The van der Waals surface area contributed by atoms with Gasteiger partial charge in [0.15, 0.2) is 0 Å². The molecule has 1 aliphatic carbocycles. The van der Waals surface area contributed by atoms with Crippen LogP contribution in [0.15, 0.2) is 0 Å². The number of nitrogens with zero attached hydrogens (tertiary/aromatic N) is 2. The van der Waals surface area contributed by atoms with Gasteiger partial charge in [-0.3, -0.25) is 9.48 Å². The van der Waals surface area contributed by atoms with Crippen LogP contribution in [-0.4, -0.2) is 27.6 Å². The van der Waals surface area contributed by atoms with Gasteiger partial charge in [0.25, 0.3) is 5.78 Å². The summed E-state index contributed by atoms with van der Waals surface area (Å²) in [6.07, 6.45) is 3.63. The summed E-state index contributed by atoms with van der Waals surface area (Å²) in [5.41, 5.74) is 1.93. The predicted molar refractivity (Wildman–Crippen MR) is 88.3 cm³/mol. The van der Waals surface area contributed by atoms with Crippen molar-refractivity contribution in [2.24, 2.45) is 18.4 Å². The van der Waals surface area contributed by atoms with E-state index in [4.69, 9.17) is 4.74 Å². The Kier molecular flexibility index (Phi) is 4.97. The van der Waals surface area contributed by atoms with E-state index in [9.17, 15) is 9.59 Å². The first-order valence-corrected chi connectivity index (χ1v) is 8.36. The number of esters is 1. The molecule has 0 spiro atoms. The standard InChI is InChI=1S/C18H28N2O3/c1-11-15(12(2)20(6)19-11)16(21)17(22)23-14-9-7-13(8-10-14)18(3,4)5/h13-14H,7-10H2,1-6H3. The van der Waals surface area contributed by atoms with Gasteiger partial charge in [0.1, 0.15) is 6.10 Å². The van der Waals surface area contributed by atoms with E-state index in [2.05, 4.69) is 25.9 Å². The van der Waals surface area contributed by atoms with Crippen molar-refractivity contribution in [2.45, 2.75) is 66.4 Å². The smallest absolute Gasteiger partial charge is 0.380 e. The monoisotopic (exact) mass is 320 g/mol. The zero-order chi connectivity index (χ0) is 17.4. The molecule has 1 aromatic heterocycles. The lowest BCUT2D eigenvalue weighted by atomic mass is 9.72. The van der Waals surface area contributed by atoms with Gasteiger partial charge in [0.2, 0.25) is 0 Å². The fourth-order valence-corrected chi connectivity index (χ4v) is 3.46. The van der Waals surface area contributed by atoms with Gasteiger partial charge in [-0.15, -0.1) is 0 Å². The number of aryl methyl sites for hydroxylation is 2. The summed E-state index contributed by atoms with van der Waals surface area (Å²) >= 11 is 0. The first-order chi connectivity index (χ1) is 10.6. The molecule has 0 bridgehead atoms. The van der Waals surface area contributed by atoms with Gasteiger partial charge in [0.05, 0.1) is 11.3 Å². The van der Waals surface area contributed by atoms with Crippen molar-refractivity contribution in [1.29, 1.82) is 0 Å². The molecule has 0 unspecified atom stereocenters. The summed E-state index contributed by atoms with van der Waals surface area (Å²) in [7, 11) is 1.76. The number of ketones is 1. The number of Topliss-reactive ketones (excluding diaryl/α,β-unsaturated/α-hetero) is 1. The van der Waals surface area contributed by atoms with Gasteiger partial charge >= 0.3 is 5.97 Å². The highest BCUT2D eigenvalue weighted by Crippen LogP contribution is 2.38. The van der Waals surface area contributed by atoms with Crippen molar-refractivity contribution in [1.82, 2.24) is 9.78 Å². The molecule has 0 aromatic carbocycles. The average molecular weight is 320 g/mol. The third-order valence-electron chi connectivity index (χ3n) is 5.09. The Morgan fingerprint density at radius 3 is 2.13 bits per heavy atom. The van der Waals surface area contributed by atoms with Crippen LogP contribution >= 0.6 is 0 Å². The van der Waals surface area contributed by atoms with Crippen LogP contribution in [0.5, 0.6) is 0 Å². The second-order valence-electron chi connectivity index (χ2n) is 7.74. The number of rotatable bonds is 3. The van der Waals surface area contributed by atoms with Crippen LogP contribution in [0.3, 0.4) is 0 Å². The van der Waals surface area contributed by atoms with Crippen LogP contribution in [0.2, 0.25) is 0 Å². The number of hydrogen-bond donors (Lipinski definition) is 0. The van der Waals surface area contributed by atoms with Crippen LogP contribution in [0, 0.1) is 25.2 Å². The number of hydrogen-bond acceptors (Lipinski definition) is 4. The van der Waals surface area contributed by atoms with Gasteiger partial charge < -0.3 is 4.74 Å². The Morgan fingerprint density at radius 1 is 1.13 bits per heavy atom. The van der Waals surface area contributed by atoms with Crippen LogP contribution in [0.1, 0.15) is 68.2 Å². The van der Waals surface area contributed by atoms with Gasteiger partial charge in [-0.05, 0) is 50.9 Å². The molecule has 0 amide bonds. The van der Waals surface area contributed by atoms with Crippen molar-refractivity contribution in [3.63, 3.8) is 0 Å². The lowest BCUT2D eigenvalue weighted by Gasteiger charge is -2.36. The highest BCUT2D eigenvalue weighted by atomic mass is 16.5. The lowest BCUT2D eigenvalue weighted by molar-refractivity contribution is -0.145. The number of ether oxygens (including phenoxy) is 1. The summed E-state index contributed by atoms with van der Waals surface area (Å²) in [6, 6.07) is 0. The van der Waals surface area contributed by atoms with E-state index in [-0.39, 0.29) is 11.5 Å². The van der Waals surface area contributed by atoms with Gasteiger partial charge in [-0.2, -0.15) is 5.10 Å². The molecule has 1 aromatic rings. The normalized spacial score (nSPS) is 22.0. The Balaban J connectivity index is 1.97. The molecule has 1 saturated carbocycles. The number of carbonyl (C=O) groups is 2. The molecule has 1 heterocycles. The third-order valence-corrected chi connectivity index (χ3v) is 5.09. The molecular weight excluding hydrogens is 292 g/mol. The zero-order valence-corrected chi connectivity index (χ0v) is 15.1. The summed E-state index contributed by atoms with van der Waals surface area (Å²) in [5.74, 6) is -0.676. The van der Waals surface area contributed by atoms with Gasteiger partial charge in [0, 0.05) is 12.7 Å². The highest BCUT2D eigenvalue weighted by molar-refractivity contribution is 6.41. The Hall–Kier alpha value is -1.65. The average Bonchev–Trinajstić information content (AvgIpc) is 2.71. The quantitative estimate of drug-likeness (QED) is 0.487. The second kappa shape index (κ2) is 6.46. The van der Waals surface area contributed by atoms with Crippen LogP contribution in [-0.2, 0) is 16.6 Å². The fraction of sp³-hybridized carbons (Fsp3) is 0.722. The summed E-state index contributed by atoms with van der Waals surface area (Å²) in [4.78, 5) is 24.6. The van der Waals surface area contributed by atoms with Crippen LogP contribution in [0.4, 0.5) is 0 Å². The van der Waals surface area contributed by atoms with E-state index in [0.717, 1.165) is 25.7 Å². The maximum absolute atomic E-state index is 12.4. The van der Waals surface area contributed by atoms with E-state index < -0.39 is 11.8 Å². The number of aromatic nitrogens is 2. The SMILES string of the molecule is Cc1nn(C)c(C)c1C(=O)C(=O)OC1CCC(C(C)(C)C)CC1. The molecule has 1 fully saturated rings. The Labute approximate surface area is 138 Å². The summed E-state index contributed by atoms with van der Waals surface area (Å²) < 4.78 is 7.08. The lowest BCUT2D eigenvalue weighted by Crippen LogP contribution is -2.32. The molecule has 2 rings (SSSR count). The molecule has 5 heteroatoms.